The Balaban J connectivity index is 3.02. The third-order valence-corrected chi connectivity index (χ3v) is 4.86. The lowest BCUT2D eigenvalue weighted by molar-refractivity contribution is -0.141. The number of sulfonamides is 1. The first kappa shape index (κ1) is 15.7. The molecule has 0 saturated heterocycles. The molecule has 0 amide bonds. The van der Waals surface area contributed by atoms with Crippen LogP contribution in [0.4, 0.5) is 0 Å². The second-order valence-corrected chi connectivity index (χ2v) is 6.33. The van der Waals surface area contributed by atoms with E-state index in [2.05, 4.69) is 0 Å². The number of hydrogen-bond donors (Lipinski definition) is 1. The van der Waals surface area contributed by atoms with Gasteiger partial charge in [0.25, 0.3) is 0 Å². The molecule has 106 valence electrons. The number of aliphatic carboxylic acids is 1. The second kappa shape index (κ2) is 6.68. The van der Waals surface area contributed by atoms with Crippen molar-refractivity contribution >= 4 is 16.0 Å². The number of nitrogens with zero attached hydrogens (tertiary/aromatic N) is 1. The van der Waals surface area contributed by atoms with Gasteiger partial charge in [-0.05, 0) is 18.6 Å². The van der Waals surface area contributed by atoms with E-state index in [9.17, 15) is 18.3 Å². The van der Waals surface area contributed by atoms with Crippen molar-refractivity contribution < 1.29 is 18.3 Å². The van der Waals surface area contributed by atoms with Crippen LogP contribution in [0.1, 0.15) is 26.2 Å². The Labute approximate surface area is 113 Å². The molecule has 5 nitrogen and oxygen atoms in total. The Hall–Kier alpha value is -1.40. The van der Waals surface area contributed by atoms with Gasteiger partial charge in [0, 0.05) is 7.05 Å². The van der Waals surface area contributed by atoms with Gasteiger partial charge >= 0.3 is 5.97 Å². The zero-order chi connectivity index (χ0) is 14.5. The fourth-order valence-corrected chi connectivity index (χ4v) is 3.15. The van der Waals surface area contributed by atoms with Crippen LogP contribution in [0.2, 0.25) is 0 Å². The predicted molar refractivity (Wildman–Crippen MR) is 72.3 cm³/mol. The van der Waals surface area contributed by atoms with Crippen LogP contribution in [0.5, 0.6) is 0 Å². The van der Waals surface area contributed by atoms with E-state index in [1.807, 2.05) is 6.92 Å². The molecule has 1 rings (SSSR count). The summed E-state index contributed by atoms with van der Waals surface area (Å²) < 4.78 is 25.6. The molecule has 0 aromatic heterocycles. The molecule has 0 aliphatic rings. The molecule has 0 spiro atoms. The van der Waals surface area contributed by atoms with E-state index in [-0.39, 0.29) is 4.90 Å². The van der Waals surface area contributed by atoms with E-state index in [0.29, 0.717) is 12.8 Å². The molecule has 1 aromatic rings. The van der Waals surface area contributed by atoms with E-state index in [1.54, 1.807) is 18.2 Å². The molecule has 0 aliphatic carbocycles. The SMILES string of the molecule is CCCCC(C(=O)O)N(C)S(=O)(=O)c1ccccc1. The average Bonchev–Trinajstić information content (AvgIpc) is 2.39. The first-order chi connectivity index (χ1) is 8.91. The van der Waals surface area contributed by atoms with Gasteiger partial charge in [0.05, 0.1) is 4.90 Å². The van der Waals surface area contributed by atoms with Crippen LogP contribution in [-0.4, -0.2) is 36.9 Å². The lowest BCUT2D eigenvalue weighted by Crippen LogP contribution is -2.42. The van der Waals surface area contributed by atoms with Gasteiger partial charge in [0.15, 0.2) is 0 Å². The maximum absolute atomic E-state index is 12.3. The maximum Gasteiger partial charge on any atom is 0.322 e. The Kier molecular flexibility index (Phi) is 5.50. The summed E-state index contributed by atoms with van der Waals surface area (Å²) in [6.45, 7) is 1.94. The number of carbonyl (C=O) groups is 1. The molecule has 0 radical (unpaired) electrons. The average molecular weight is 285 g/mol. The summed E-state index contributed by atoms with van der Waals surface area (Å²) >= 11 is 0. The normalized spacial score (nSPS) is 13.4. The molecule has 1 aromatic carbocycles. The summed E-state index contributed by atoms with van der Waals surface area (Å²) in [5.41, 5.74) is 0. The van der Waals surface area contributed by atoms with E-state index >= 15 is 0 Å². The van der Waals surface area contributed by atoms with E-state index < -0.39 is 22.0 Å². The number of carboxylic acids is 1. The number of carboxylic acid groups (broad SMARTS) is 1. The zero-order valence-electron chi connectivity index (χ0n) is 11.1. The quantitative estimate of drug-likeness (QED) is 0.831. The fourth-order valence-electron chi connectivity index (χ4n) is 1.78. The highest BCUT2D eigenvalue weighted by Crippen LogP contribution is 2.19. The van der Waals surface area contributed by atoms with Crippen LogP contribution in [0, 0.1) is 0 Å². The number of unbranched alkanes of at least 4 members (excludes halogenated alkanes) is 1. The van der Waals surface area contributed by atoms with Gasteiger partial charge in [-0.3, -0.25) is 4.79 Å². The molecule has 0 aliphatic heterocycles. The summed E-state index contributed by atoms with van der Waals surface area (Å²) in [6, 6.07) is 6.84. The highest BCUT2D eigenvalue weighted by Gasteiger charge is 2.32. The van der Waals surface area contributed by atoms with Crippen LogP contribution >= 0.6 is 0 Å². The van der Waals surface area contributed by atoms with Gasteiger partial charge in [0.2, 0.25) is 10.0 Å². The number of rotatable bonds is 7. The molecular weight excluding hydrogens is 266 g/mol. The number of likely N-dealkylation sites (N-methyl/N-ethyl adjacent to an activating group) is 1. The van der Waals surface area contributed by atoms with E-state index in [1.165, 1.54) is 19.2 Å². The zero-order valence-corrected chi connectivity index (χ0v) is 11.9. The molecule has 1 N–H and O–H groups in total. The summed E-state index contributed by atoms with van der Waals surface area (Å²) in [4.78, 5) is 11.3. The Morgan fingerprint density at radius 3 is 2.37 bits per heavy atom. The summed E-state index contributed by atoms with van der Waals surface area (Å²) in [7, 11) is -2.44. The lowest BCUT2D eigenvalue weighted by Gasteiger charge is -2.24. The topological polar surface area (TPSA) is 74.7 Å². The molecule has 1 unspecified atom stereocenters. The Morgan fingerprint density at radius 2 is 1.89 bits per heavy atom. The predicted octanol–water partition coefficient (Wildman–Crippen LogP) is 1.95. The summed E-state index contributed by atoms with van der Waals surface area (Å²) in [5, 5.41) is 9.17. The molecule has 1 atom stereocenters. The van der Waals surface area contributed by atoms with Crippen molar-refractivity contribution in [3.63, 3.8) is 0 Å². The van der Waals surface area contributed by atoms with Crippen molar-refractivity contribution in [1.82, 2.24) is 4.31 Å². The van der Waals surface area contributed by atoms with Gasteiger partial charge in [0.1, 0.15) is 6.04 Å². The monoisotopic (exact) mass is 285 g/mol. The fraction of sp³-hybridized carbons (Fsp3) is 0.462. The van der Waals surface area contributed by atoms with E-state index in [0.717, 1.165) is 10.7 Å². The van der Waals surface area contributed by atoms with Crippen LogP contribution in [-0.2, 0) is 14.8 Å². The van der Waals surface area contributed by atoms with E-state index in [4.69, 9.17) is 0 Å². The Bertz CT molecular complexity index is 513. The minimum atomic E-state index is -3.76. The molecule has 0 bridgehead atoms. The van der Waals surface area contributed by atoms with Crippen LogP contribution in [0.15, 0.2) is 35.2 Å². The molecular formula is C13H19NO4S. The van der Waals surface area contributed by atoms with Crippen LogP contribution < -0.4 is 0 Å². The summed E-state index contributed by atoms with van der Waals surface area (Å²) in [6.07, 6.45) is 1.81. The molecule has 0 fully saturated rings. The van der Waals surface area contributed by atoms with Gasteiger partial charge in [-0.1, -0.05) is 38.0 Å². The third kappa shape index (κ3) is 3.78. The third-order valence-electron chi connectivity index (χ3n) is 2.98. The van der Waals surface area contributed by atoms with Crippen LogP contribution in [0.25, 0.3) is 0 Å². The molecule has 0 saturated carbocycles. The highest BCUT2D eigenvalue weighted by molar-refractivity contribution is 7.89. The standard InChI is InChI=1S/C13H19NO4S/c1-3-4-10-12(13(15)16)14(2)19(17,18)11-8-6-5-7-9-11/h5-9,12H,3-4,10H2,1-2H3,(H,15,16). The first-order valence-electron chi connectivity index (χ1n) is 6.17. The van der Waals surface area contributed by atoms with Gasteiger partial charge in [-0.25, -0.2) is 8.42 Å². The van der Waals surface area contributed by atoms with Gasteiger partial charge in [-0.15, -0.1) is 0 Å². The van der Waals surface area contributed by atoms with Crippen LogP contribution in [0.3, 0.4) is 0 Å². The number of benzene rings is 1. The van der Waals surface area contributed by atoms with Crippen molar-refractivity contribution in [3.05, 3.63) is 30.3 Å². The smallest absolute Gasteiger partial charge is 0.322 e. The minimum absolute atomic E-state index is 0.111. The van der Waals surface area contributed by atoms with Crippen molar-refractivity contribution in [2.45, 2.75) is 37.1 Å². The number of hydrogen-bond acceptors (Lipinski definition) is 3. The van der Waals surface area contributed by atoms with Crippen molar-refractivity contribution in [3.8, 4) is 0 Å². The van der Waals surface area contributed by atoms with Gasteiger partial charge in [-0.2, -0.15) is 4.31 Å². The minimum Gasteiger partial charge on any atom is -0.480 e. The van der Waals surface area contributed by atoms with Gasteiger partial charge < -0.3 is 5.11 Å². The second-order valence-electron chi connectivity index (χ2n) is 4.33. The molecule has 6 heteroatoms. The maximum atomic E-state index is 12.3. The highest BCUT2D eigenvalue weighted by atomic mass is 32.2. The van der Waals surface area contributed by atoms with Crippen molar-refractivity contribution in [2.24, 2.45) is 0 Å². The summed E-state index contributed by atoms with van der Waals surface area (Å²) in [5.74, 6) is -1.12. The molecule has 0 heterocycles. The first-order valence-corrected chi connectivity index (χ1v) is 7.61. The molecule has 19 heavy (non-hydrogen) atoms. The van der Waals surface area contributed by atoms with Crippen molar-refractivity contribution in [1.29, 1.82) is 0 Å². The largest absolute Gasteiger partial charge is 0.480 e. The lowest BCUT2D eigenvalue weighted by atomic mass is 10.1. The van der Waals surface area contributed by atoms with Crippen molar-refractivity contribution in [2.75, 3.05) is 7.05 Å². The Morgan fingerprint density at radius 1 is 1.32 bits per heavy atom.